The summed E-state index contributed by atoms with van der Waals surface area (Å²) < 4.78 is 4.65. The molecular formula is C21H25N3O2. The lowest BCUT2D eigenvalue weighted by molar-refractivity contribution is -0.140. The molecule has 0 spiro atoms. The summed E-state index contributed by atoms with van der Waals surface area (Å²) in [7, 11) is 1.41. The van der Waals surface area contributed by atoms with Crippen molar-refractivity contribution in [2.24, 2.45) is 9.98 Å². The van der Waals surface area contributed by atoms with Gasteiger partial charge in [0.2, 0.25) is 0 Å². The Balaban J connectivity index is 2.06. The molecule has 0 radical (unpaired) electrons. The van der Waals surface area contributed by atoms with E-state index in [1.54, 1.807) is 0 Å². The van der Waals surface area contributed by atoms with Gasteiger partial charge in [-0.15, -0.1) is 0 Å². The first-order chi connectivity index (χ1) is 12.6. The van der Waals surface area contributed by atoms with Gasteiger partial charge < -0.3 is 10.5 Å². The minimum absolute atomic E-state index is 0.173. The van der Waals surface area contributed by atoms with E-state index in [4.69, 9.17) is 5.73 Å². The number of unbranched alkanes of at least 4 members (excludes halogenated alkanes) is 1. The average molecular weight is 351 g/mol. The van der Waals surface area contributed by atoms with E-state index in [9.17, 15) is 4.79 Å². The van der Waals surface area contributed by atoms with Crippen molar-refractivity contribution < 1.29 is 9.53 Å². The third-order valence-corrected chi connectivity index (χ3v) is 3.86. The topological polar surface area (TPSA) is 77.0 Å². The zero-order valence-corrected chi connectivity index (χ0v) is 15.3. The molecule has 0 aromatic heterocycles. The molecule has 5 nitrogen and oxygen atoms in total. The van der Waals surface area contributed by atoms with Crippen LogP contribution in [0, 0.1) is 0 Å². The van der Waals surface area contributed by atoms with E-state index in [0.717, 1.165) is 41.9 Å². The van der Waals surface area contributed by atoms with E-state index in [-0.39, 0.29) is 5.97 Å². The SMILES string of the molecule is COC(=O)CCCCC(C)=Nc1cc(N)ccc1N=Cc1ccccc1. The molecule has 0 unspecified atom stereocenters. The van der Waals surface area contributed by atoms with Gasteiger partial charge in [0.15, 0.2) is 0 Å². The van der Waals surface area contributed by atoms with Crippen LogP contribution < -0.4 is 5.73 Å². The van der Waals surface area contributed by atoms with Gasteiger partial charge >= 0.3 is 5.97 Å². The third kappa shape index (κ3) is 6.51. The number of aliphatic imine (C=N–C) groups is 2. The third-order valence-electron chi connectivity index (χ3n) is 3.86. The number of rotatable bonds is 8. The number of benzene rings is 2. The van der Waals surface area contributed by atoms with Gasteiger partial charge in [-0.05, 0) is 49.9 Å². The highest BCUT2D eigenvalue weighted by atomic mass is 16.5. The molecule has 0 amide bonds. The van der Waals surface area contributed by atoms with E-state index in [1.165, 1.54) is 7.11 Å². The quantitative estimate of drug-likeness (QED) is 0.320. The summed E-state index contributed by atoms with van der Waals surface area (Å²) in [6, 6.07) is 15.4. The fraction of sp³-hybridized carbons (Fsp3) is 0.286. The fourth-order valence-corrected chi connectivity index (χ4v) is 2.44. The molecule has 0 fully saturated rings. The zero-order chi connectivity index (χ0) is 18.8. The normalized spacial score (nSPS) is 11.7. The van der Waals surface area contributed by atoms with Gasteiger partial charge in [0.1, 0.15) is 0 Å². The zero-order valence-electron chi connectivity index (χ0n) is 15.3. The number of methoxy groups -OCH3 is 1. The lowest BCUT2D eigenvalue weighted by Crippen LogP contribution is -2.00. The van der Waals surface area contributed by atoms with Crippen LogP contribution >= 0.6 is 0 Å². The molecule has 2 N–H and O–H groups in total. The van der Waals surface area contributed by atoms with Crippen LogP contribution in [0.25, 0.3) is 0 Å². The number of ether oxygens (including phenoxy) is 1. The van der Waals surface area contributed by atoms with Crippen LogP contribution in [0.15, 0.2) is 58.5 Å². The van der Waals surface area contributed by atoms with Crippen LogP contribution in [-0.2, 0) is 9.53 Å². The molecule has 0 saturated carbocycles. The van der Waals surface area contributed by atoms with Crippen LogP contribution in [0.2, 0.25) is 0 Å². The molecule has 26 heavy (non-hydrogen) atoms. The molecule has 0 bridgehead atoms. The summed E-state index contributed by atoms with van der Waals surface area (Å²) in [6.07, 6.45) is 4.74. The van der Waals surface area contributed by atoms with Gasteiger partial charge in [0, 0.05) is 24.0 Å². The fourth-order valence-electron chi connectivity index (χ4n) is 2.44. The van der Waals surface area contributed by atoms with Crippen molar-refractivity contribution in [3.05, 3.63) is 54.1 Å². The first-order valence-corrected chi connectivity index (χ1v) is 8.68. The number of hydrogen-bond donors (Lipinski definition) is 1. The van der Waals surface area contributed by atoms with Crippen LogP contribution in [0.1, 0.15) is 38.2 Å². The molecule has 0 aliphatic rings. The van der Waals surface area contributed by atoms with E-state index < -0.39 is 0 Å². The van der Waals surface area contributed by atoms with Crippen molar-refractivity contribution in [3.8, 4) is 0 Å². The van der Waals surface area contributed by atoms with Crippen LogP contribution in [0.5, 0.6) is 0 Å². The van der Waals surface area contributed by atoms with Crippen molar-refractivity contribution in [2.45, 2.75) is 32.6 Å². The predicted molar refractivity (Wildman–Crippen MR) is 108 cm³/mol. The standard InChI is InChI=1S/C21H25N3O2/c1-16(8-6-7-11-21(25)26-2)24-20-14-18(22)12-13-19(20)23-15-17-9-4-3-5-10-17/h3-5,9-10,12-15H,6-8,11,22H2,1-2H3. The summed E-state index contributed by atoms with van der Waals surface area (Å²) in [5, 5.41) is 0. The highest BCUT2D eigenvalue weighted by Gasteiger charge is 2.03. The van der Waals surface area contributed by atoms with Crippen LogP contribution in [0.4, 0.5) is 17.1 Å². The molecule has 0 saturated heterocycles. The number of esters is 1. The molecule has 0 heterocycles. The smallest absolute Gasteiger partial charge is 0.305 e. The van der Waals surface area contributed by atoms with Crippen molar-refractivity contribution in [1.82, 2.24) is 0 Å². The summed E-state index contributed by atoms with van der Waals surface area (Å²) >= 11 is 0. The maximum Gasteiger partial charge on any atom is 0.305 e. The molecule has 2 aromatic carbocycles. The largest absolute Gasteiger partial charge is 0.469 e. The van der Waals surface area contributed by atoms with Crippen molar-refractivity contribution >= 4 is 35.0 Å². The van der Waals surface area contributed by atoms with E-state index in [2.05, 4.69) is 14.7 Å². The number of nitrogens with two attached hydrogens (primary N) is 1. The van der Waals surface area contributed by atoms with Gasteiger partial charge in [-0.1, -0.05) is 30.3 Å². The Bertz CT molecular complexity index is 783. The highest BCUT2D eigenvalue weighted by Crippen LogP contribution is 2.30. The number of hydrogen-bond acceptors (Lipinski definition) is 5. The number of nitrogen functional groups attached to an aromatic ring is 1. The number of carbonyl (C=O) groups is 1. The van der Waals surface area contributed by atoms with Crippen LogP contribution in [0.3, 0.4) is 0 Å². The average Bonchev–Trinajstić information content (AvgIpc) is 2.65. The lowest BCUT2D eigenvalue weighted by Gasteiger charge is -2.05. The maximum atomic E-state index is 11.1. The Morgan fingerprint density at radius 1 is 1.08 bits per heavy atom. The molecule has 136 valence electrons. The minimum Gasteiger partial charge on any atom is -0.469 e. The number of anilines is 1. The Kier molecular flexibility index (Phi) is 7.55. The van der Waals surface area contributed by atoms with Crippen molar-refractivity contribution in [1.29, 1.82) is 0 Å². The van der Waals surface area contributed by atoms with Gasteiger partial charge in [-0.3, -0.25) is 14.8 Å². The van der Waals surface area contributed by atoms with E-state index in [0.29, 0.717) is 12.1 Å². The maximum absolute atomic E-state index is 11.1. The molecule has 0 aliphatic heterocycles. The number of carbonyl (C=O) groups excluding carboxylic acids is 1. The Labute approximate surface area is 154 Å². The highest BCUT2D eigenvalue weighted by molar-refractivity contribution is 5.89. The summed E-state index contributed by atoms with van der Waals surface area (Å²) in [4.78, 5) is 20.4. The Hall–Kier alpha value is -2.95. The van der Waals surface area contributed by atoms with E-state index in [1.807, 2.05) is 61.7 Å². The lowest BCUT2D eigenvalue weighted by atomic mass is 10.1. The van der Waals surface area contributed by atoms with Gasteiger partial charge in [0.25, 0.3) is 0 Å². The minimum atomic E-state index is -0.173. The first kappa shape index (κ1) is 19.4. The van der Waals surface area contributed by atoms with Crippen molar-refractivity contribution in [3.63, 3.8) is 0 Å². The summed E-state index contributed by atoms with van der Waals surface area (Å²) in [5.74, 6) is -0.173. The molecule has 2 aromatic rings. The first-order valence-electron chi connectivity index (χ1n) is 8.68. The molecule has 5 heteroatoms. The second kappa shape index (κ2) is 10.1. The molecular weight excluding hydrogens is 326 g/mol. The Morgan fingerprint density at radius 3 is 2.54 bits per heavy atom. The van der Waals surface area contributed by atoms with Gasteiger partial charge in [-0.25, -0.2) is 0 Å². The Morgan fingerprint density at radius 2 is 1.81 bits per heavy atom. The van der Waals surface area contributed by atoms with E-state index >= 15 is 0 Å². The monoisotopic (exact) mass is 351 g/mol. The second-order valence-electron chi connectivity index (χ2n) is 6.05. The molecule has 2 rings (SSSR count). The van der Waals surface area contributed by atoms with Gasteiger partial charge in [0.05, 0.1) is 18.5 Å². The molecule has 0 atom stereocenters. The summed E-state index contributed by atoms with van der Waals surface area (Å²) in [5.41, 5.74) is 10.1. The molecule has 0 aliphatic carbocycles. The predicted octanol–water partition coefficient (Wildman–Crippen LogP) is 4.85. The summed E-state index contributed by atoms with van der Waals surface area (Å²) in [6.45, 7) is 1.98. The second-order valence-corrected chi connectivity index (χ2v) is 6.05. The number of nitrogens with zero attached hydrogens (tertiary/aromatic N) is 2. The van der Waals surface area contributed by atoms with Crippen molar-refractivity contribution in [2.75, 3.05) is 12.8 Å². The van der Waals surface area contributed by atoms with Gasteiger partial charge in [-0.2, -0.15) is 0 Å². The van der Waals surface area contributed by atoms with Crippen LogP contribution in [-0.4, -0.2) is 25.0 Å².